The molecule has 2 saturated heterocycles. The molecule has 2 fully saturated rings. The first-order chi connectivity index (χ1) is 16.8. The molecular weight excluding hydrogens is 444 g/mol. The van der Waals surface area contributed by atoms with E-state index < -0.39 is 5.60 Å². The van der Waals surface area contributed by atoms with Crippen LogP contribution in [0.25, 0.3) is 10.8 Å². The summed E-state index contributed by atoms with van der Waals surface area (Å²) in [6.07, 6.45) is 4.62. The number of aromatic nitrogens is 2. The molecule has 184 valence electrons. The molecule has 2 aliphatic heterocycles. The van der Waals surface area contributed by atoms with Crippen molar-refractivity contribution in [2.45, 2.75) is 38.5 Å². The van der Waals surface area contributed by atoms with Crippen LogP contribution < -0.4 is 15.6 Å². The molecule has 3 aromatic rings. The number of carbonyl (C=O) groups is 1. The third-order valence-corrected chi connectivity index (χ3v) is 6.56. The summed E-state index contributed by atoms with van der Waals surface area (Å²) in [5.41, 5.74) is 7.27. The van der Waals surface area contributed by atoms with Crippen molar-refractivity contribution in [2.24, 2.45) is 0 Å². The van der Waals surface area contributed by atoms with Crippen molar-refractivity contribution in [3.63, 3.8) is 0 Å². The van der Waals surface area contributed by atoms with Crippen molar-refractivity contribution in [2.75, 3.05) is 32.7 Å². The fraction of sp³-hybridized carbons (Fsp3) is 0.423. The highest BCUT2D eigenvalue weighted by Crippen LogP contribution is 2.26. The maximum atomic E-state index is 12.3. The van der Waals surface area contributed by atoms with Gasteiger partial charge in [0.05, 0.1) is 6.04 Å². The third kappa shape index (κ3) is 5.59. The molecule has 0 spiro atoms. The van der Waals surface area contributed by atoms with Crippen LogP contribution in [-0.4, -0.2) is 69.1 Å². The van der Waals surface area contributed by atoms with Gasteiger partial charge in [-0.05, 0) is 54.8 Å². The lowest BCUT2D eigenvalue weighted by Crippen LogP contribution is -2.53. The number of fused-ring (bicyclic) bond motifs is 1. The van der Waals surface area contributed by atoms with Crippen LogP contribution in [0.3, 0.4) is 0 Å². The zero-order valence-electron chi connectivity index (χ0n) is 20.2. The van der Waals surface area contributed by atoms with E-state index in [4.69, 9.17) is 4.74 Å². The Kier molecular flexibility index (Phi) is 6.66. The van der Waals surface area contributed by atoms with Crippen LogP contribution in [0.2, 0.25) is 0 Å². The van der Waals surface area contributed by atoms with Crippen LogP contribution in [0, 0.1) is 0 Å². The first-order valence-corrected chi connectivity index (χ1v) is 12.1. The highest BCUT2D eigenvalue weighted by atomic mass is 16.5. The van der Waals surface area contributed by atoms with Crippen LogP contribution in [0.1, 0.15) is 37.4 Å². The number of hydrogen-bond acceptors (Lipinski definition) is 8. The number of nitrogens with zero attached hydrogens (tertiary/aromatic N) is 4. The lowest BCUT2D eigenvalue weighted by atomic mass is 10.1. The Morgan fingerprint density at radius 3 is 2.49 bits per heavy atom. The third-order valence-electron chi connectivity index (χ3n) is 6.56. The summed E-state index contributed by atoms with van der Waals surface area (Å²) in [6.45, 7) is 7.69. The van der Waals surface area contributed by atoms with Gasteiger partial charge >= 0.3 is 6.01 Å². The molecule has 2 aromatic carbocycles. The van der Waals surface area contributed by atoms with Crippen molar-refractivity contribution in [1.29, 1.82) is 0 Å². The highest BCUT2D eigenvalue weighted by molar-refractivity contribution is 5.85. The van der Waals surface area contributed by atoms with Gasteiger partial charge in [-0.25, -0.2) is 9.97 Å². The maximum Gasteiger partial charge on any atom is 0.321 e. The average molecular weight is 477 g/mol. The molecule has 1 unspecified atom stereocenters. The summed E-state index contributed by atoms with van der Waals surface area (Å²) < 4.78 is 5.89. The van der Waals surface area contributed by atoms with Crippen LogP contribution in [0.4, 0.5) is 0 Å². The average Bonchev–Trinajstić information content (AvgIpc) is 3.39. The Labute approximate surface area is 205 Å². The smallest absolute Gasteiger partial charge is 0.321 e. The normalized spacial score (nSPS) is 19.3. The van der Waals surface area contributed by atoms with E-state index in [9.17, 15) is 9.90 Å². The summed E-state index contributed by atoms with van der Waals surface area (Å²) >= 11 is 0. The molecular formula is C26H32N6O3. The van der Waals surface area contributed by atoms with Gasteiger partial charge in [0, 0.05) is 57.2 Å². The minimum absolute atomic E-state index is 0.203. The minimum Gasteiger partial charge on any atom is -0.424 e. The fourth-order valence-electron chi connectivity index (χ4n) is 4.59. The predicted octanol–water partition coefficient (Wildman–Crippen LogP) is 2.38. The number of nitrogens with one attached hydrogen (secondary N) is 2. The lowest BCUT2D eigenvalue weighted by molar-refractivity contribution is -0.149. The number of piperazine rings is 1. The van der Waals surface area contributed by atoms with E-state index in [1.54, 1.807) is 31.1 Å². The standard InChI is InChI=1S/C26H32N6O3/c1-26(2,34)24(33)32-11-9-31(10-12-32)17-18-3-4-20-14-22(6-5-19(20)13-18)35-25-27-15-21(16-28-25)23-7-8-29-30-23/h3-6,13-16,23,29-30,34H,7-12,17H2,1-2H3. The molecule has 35 heavy (non-hydrogen) atoms. The van der Waals surface area contributed by atoms with E-state index >= 15 is 0 Å². The number of amides is 1. The number of hydrogen-bond donors (Lipinski definition) is 3. The molecule has 3 N–H and O–H groups in total. The Hall–Kier alpha value is -3.11. The van der Waals surface area contributed by atoms with Gasteiger partial charge in [0.25, 0.3) is 5.91 Å². The first-order valence-electron chi connectivity index (χ1n) is 12.1. The van der Waals surface area contributed by atoms with Crippen LogP contribution >= 0.6 is 0 Å². The van der Waals surface area contributed by atoms with E-state index in [1.807, 2.05) is 12.1 Å². The van der Waals surface area contributed by atoms with E-state index in [0.717, 1.165) is 48.9 Å². The van der Waals surface area contributed by atoms with Gasteiger partial charge in [-0.2, -0.15) is 0 Å². The fourth-order valence-corrected chi connectivity index (χ4v) is 4.59. The molecule has 0 aliphatic carbocycles. The predicted molar refractivity (Wildman–Crippen MR) is 133 cm³/mol. The summed E-state index contributed by atoms with van der Waals surface area (Å²) in [4.78, 5) is 25.1. The first kappa shape index (κ1) is 23.6. The molecule has 5 rings (SSSR count). The molecule has 3 heterocycles. The van der Waals surface area contributed by atoms with Crippen molar-refractivity contribution < 1.29 is 14.6 Å². The second kappa shape index (κ2) is 9.87. The topological polar surface area (TPSA) is 103 Å². The van der Waals surface area contributed by atoms with Crippen LogP contribution in [-0.2, 0) is 11.3 Å². The van der Waals surface area contributed by atoms with Gasteiger partial charge in [0.15, 0.2) is 0 Å². The monoisotopic (exact) mass is 476 g/mol. The molecule has 1 amide bonds. The Morgan fingerprint density at radius 2 is 1.80 bits per heavy atom. The minimum atomic E-state index is -1.32. The zero-order valence-corrected chi connectivity index (χ0v) is 20.2. The van der Waals surface area contributed by atoms with Crippen molar-refractivity contribution >= 4 is 16.7 Å². The number of hydrazine groups is 1. The van der Waals surface area contributed by atoms with Gasteiger partial charge in [0.1, 0.15) is 11.4 Å². The second-order valence-corrected chi connectivity index (χ2v) is 9.78. The maximum absolute atomic E-state index is 12.3. The van der Waals surface area contributed by atoms with Crippen molar-refractivity contribution in [3.8, 4) is 11.8 Å². The molecule has 1 atom stereocenters. The van der Waals surface area contributed by atoms with Gasteiger partial charge in [-0.15, -0.1) is 0 Å². The number of carbonyl (C=O) groups excluding carboxylic acids is 1. The quantitative estimate of drug-likeness (QED) is 0.498. The van der Waals surface area contributed by atoms with Crippen molar-refractivity contribution in [1.82, 2.24) is 30.6 Å². The van der Waals surface area contributed by atoms with Crippen LogP contribution in [0.15, 0.2) is 48.8 Å². The van der Waals surface area contributed by atoms with Gasteiger partial charge in [-0.1, -0.05) is 18.2 Å². The Bertz CT molecular complexity index is 1180. The SMILES string of the molecule is CC(C)(O)C(=O)N1CCN(Cc2ccc3cc(Oc4ncc(C5CCNN5)cn4)ccc3c2)CC1. The second-order valence-electron chi connectivity index (χ2n) is 9.78. The highest BCUT2D eigenvalue weighted by Gasteiger charge is 2.31. The number of rotatable bonds is 6. The molecule has 9 nitrogen and oxygen atoms in total. The van der Waals surface area contributed by atoms with Gasteiger partial charge < -0.3 is 14.7 Å². The van der Waals surface area contributed by atoms with Crippen LogP contribution in [0.5, 0.6) is 11.8 Å². The summed E-state index contributed by atoms with van der Waals surface area (Å²) in [7, 11) is 0. The Morgan fingerprint density at radius 1 is 1.09 bits per heavy atom. The molecule has 0 saturated carbocycles. The van der Waals surface area contributed by atoms with Gasteiger partial charge in [-0.3, -0.25) is 20.5 Å². The van der Waals surface area contributed by atoms with E-state index in [0.29, 0.717) is 24.8 Å². The largest absolute Gasteiger partial charge is 0.424 e. The molecule has 9 heteroatoms. The molecule has 1 aromatic heterocycles. The number of benzene rings is 2. The molecule has 2 aliphatic rings. The summed E-state index contributed by atoms with van der Waals surface area (Å²) in [6, 6.07) is 13.0. The van der Waals surface area contributed by atoms with E-state index in [1.165, 1.54) is 5.56 Å². The zero-order chi connectivity index (χ0) is 24.4. The van der Waals surface area contributed by atoms with Crippen molar-refractivity contribution in [3.05, 3.63) is 59.9 Å². The lowest BCUT2D eigenvalue weighted by Gasteiger charge is -2.37. The Balaban J connectivity index is 1.19. The van der Waals surface area contributed by atoms with Gasteiger partial charge in [0.2, 0.25) is 0 Å². The summed E-state index contributed by atoms with van der Waals surface area (Å²) in [5.74, 6) is 0.497. The number of ether oxygens (including phenoxy) is 1. The van der Waals surface area contributed by atoms with E-state index in [2.05, 4.69) is 50.0 Å². The summed E-state index contributed by atoms with van der Waals surface area (Å²) in [5, 5.41) is 12.2. The molecule has 0 bridgehead atoms. The molecule has 0 radical (unpaired) electrons. The number of aliphatic hydroxyl groups is 1. The van der Waals surface area contributed by atoms with E-state index in [-0.39, 0.29) is 11.9 Å².